The van der Waals surface area contributed by atoms with Crippen molar-refractivity contribution in [1.29, 1.82) is 0 Å². The van der Waals surface area contributed by atoms with Crippen LogP contribution in [0.5, 0.6) is 0 Å². The summed E-state index contributed by atoms with van der Waals surface area (Å²) in [5, 5.41) is 5.06. The minimum absolute atomic E-state index is 0.171. The molecule has 7 heteroatoms. The molecule has 114 valence electrons. The molecule has 0 atom stereocenters. The monoisotopic (exact) mass is 312 g/mol. The number of nitrogens with one attached hydrogen (secondary N) is 2. The molecule has 0 spiro atoms. The minimum Gasteiger partial charge on any atom is -0.465 e. The molecule has 0 saturated heterocycles. The van der Waals surface area contributed by atoms with Gasteiger partial charge >= 0.3 is 17.8 Å². The maximum atomic E-state index is 11.7. The van der Waals surface area contributed by atoms with Gasteiger partial charge in [-0.3, -0.25) is 9.59 Å². The molecule has 0 aliphatic heterocycles. The number of halogens is 1. The molecule has 6 nitrogen and oxygen atoms in total. The molecule has 2 amide bonds. The summed E-state index contributed by atoms with van der Waals surface area (Å²) in [6.45, 7) is 4.21. The van der Waals surface area contributed by atoms with Gasteiger partial charge in [-0.05, 0) is 24.1 Å². The summed E-state index contributed by atoms with van der Waals surface area (Å²) in [6, 6.07) is 4.25. The second kappa shape index (κ2) is 7.64. The van der Waals surface area contributed by atoms with E-state index in [2.05, 4.69) is 15.4 Å². The molecule has 2 N–H and O–H groups in total. The average molecular weight is 313 g/mol. The van der Waals surface area contributed by atoms with Crippen LogP contribution in [0, 0.1) is 5.92 Å². The van der Waals surface area contributed by atoms with E-state index in [-0.39, 0.29) is 22.2 Å². The summed E-state index contributed by atoms with van der Waals surface area (Å²) in [6.07, 6.45) is 0. The molecule has 0 radical (unpaired) electrons. The van der Waals surface area contributed by atoms with Gasteiger partial charge in [0.15, 0.2) is 0 Å². The van der Waals surface area contributed by atoms with Gasteiger partial charge in [0, 0.05) is 6.54 Å². The lowest BCUT2D eigenvalue weighted by Crippen LogP contribution is -2.37. The maximum Gasteiger partial charge on any atom is 0.337 e. The number of rotatable bonds is 4. The average Bonchev–Trinajstić information content (AvgIpc) is 2.45. The Bertz CT molecular complexity index is 558. The molecule has 1 aromatic rings. The summed E-state index contributed by atoms with van der Waals surface area (Å²) in [7, 11) is 1.24. The predicted octanol–water partition coefficient (Wildman–Crippen LogP) is 1.84. The van der Waals surface area contributed by atoms with E-state index in [0.717, 1.165) is 0 Å². The summed E-state index contributed by atoms with van der Waals surface area (Å²) >= 11 is 5.92. The number of hydrogen-bond acceptors (Lipinski definition) is 4. The van der Waals surface area contributed by atoms with Crippen LogP contribution >= 0.6 is 11.6 Å². The van der Waals surface area contributed by atoms with Crippen LogP contribution in [0.1, 0.15) is 24.2 Å². The Labute approximate surface area is 127 Å². The van der Waals surface area contributed by atoms with Crippen molar-refractivity contribution in [3.8, 4) is 0 Å². The third-order valence-electron chi connectivity index (χ3n) is 2.51. The normalized spacial score (nSPS) is 10.1. The minimum atomic E-state index is -0.848. The van der Waals surface area contributed by atoms with Gasteiger partial charge in [-0.2, -0.15) is 0 Å². The van der Waals surface area contributed by atoms with Crippen molar-refractivity contribution in [1.82, 2.24) is 5.32 Å². The first kappa shape index (κ1) is 17.0. The van der Waals surface area contributed by atoms with E-state index in [1.807, 2.05) is 13.8 Å². The van der Waals surface area contributed by atoms with Crippen LogP contribution in [0.2, 0.25) is 5.02 Å². The summed E-state index contributed by atoms with van der Waals surface area (Å²) < 4.78 is 4.57. The van der Waals surface area contributed by atoms with Crippen molar-refractivity contribution in [2.75, 3.05) is 19.0 Å². The van der Waals surface area contributed by atoms with Gasteiger partial charge in [-0.15, -0.1) is 0 Å². The van der Waals surface area contributed by atoms with Crippen molar-refractivity contribution in [3.63, 3.8) is 0 Å². The first-order chi connectivity index (χ1) is 9.85. The van der Waals surface area contributed by atoms with Crippen molar-refractivity contribution in [3.05, 3.63) is 28.8 Å². The predicted molar refractivity (Wildman–Crippen MR) is 79.3 cm³/mol. The van der Waals surface area contributed by atoms with Crippen molar-refractivity contribution in [2.24, 2.45) is 5.92 Å². The summed E-state index contributed by atoms with van der Waals surface area (Å²) in [5.41, 5.74) is 0.393. The first-order valence-electron chi connectivity index (χ1n) is 6.32. The third kappa shape index (κ3) is 5.07. The number of carbonyl (C=O) groups excluding carboxylic acids is 3. The fourth-order valence-corrected chi connectivity index (χ4v) is 1.59. The van der Waals surface area contributed by atoms with E-state index in [0.29, 0.717) is 6.54 Å². The van der Waals surface area contributed by atoms with Gasteiger partial charge in [-0.25, -0.2) is 4.79 Å². The standard InChI is InChI=1S/C14H17ClN2O4/c1-8(2)7-16-12(18)13(19)17-11-6-9(14(20)21-3)4-5-10(11)15/h4-6,8H,7H2,1-3H3,(H,16,18)(H,17,19). The molecule has 0 bridgehead atoms. The second-order valence-corrected chi connectivity index (χ2v) is 5.15. The van der Waals surface area contributed by atoms with Gasteiger partial charge in [0.1, 0.15) is 0 Å². The molecule has 0 aliphatic rings. The molecule has 0 aromatic heterocycles. The molecule has 1 aromatic carbocycles. The lowest BCUT2D eigenvalue weighted by Gasteiger charge is -2.10. The van der Waals surface area contributed by atoms with Crippen LogP contribution in [0.4, 0.5) is 5.69 Å². The molecule has 21 heavy (non-hydrogen) atoms. The SMILES string of the molecule is COC(=O)c1ccc(Cl)c(NC(=O)C(=O)NCC(C)C)c1. The van der Waals surface area contributed by atoms with Gasteiger partial charge in [0.2, 0.25) is 0 Å². The zero-order valence-electron chi connectivity index (χ0n) is 12.0. The van der Waals surface area contributed by atoms with Crippen LogP contribution < -0.4 is 10.6 Å². The van der Waals surface area contributed by atoms with E-state index < -0.39 is 17.8 Å². The first-order valence-corrected chi connectivity index (χ1v) is 6.70. The smallest absolute Gasteiger partial charge is 0.337 e. The second-order valence-electron chi connectivity index (χ2n) is 4.74. The Morgan fingerprint density at radius 1 is 1.24 bits per heavy atom. The highest BCUT2D eigenvalue weighted by atomic mass is 35.5. The number of anilines is 1. The topological polar surface area (TPSA) is 84.5 Å². The number of amides is 2. The molecule has 0 aliphatic carbocycles. The Hall–Kier alpha value is -2.08. The van der Waals surface area contributed by atoms with E-state index >= 15 is 0 Å². The molecular weight excluding hydrogens is 296 g/mol. The van der Waals surface area contributed by atoms with Crippen LogP contribution in [0.25, 0.3) is 0 Å². The zero-order chi connectivity index (χ0) is 16.0. The van der Waals surface area contributed by atoms with Crippen LogP contribution in [0.3, 0.4) is 0 Å². The fourth-order valence-electron chi connectivity index (χ4n) is 1.42. The lowest BCUT2D eigenvalue weighted by atomic mass is 10.2. The Morgan fingerprint density at radius 3 is 2.48 bits per heavy atom. The molecular formula is C14H17ClN2O4. The van der Waals surface area contributed by atoms with Crippen molar-refractivity contribution >= 4 is 35.1 Å². The van der Waals surface area contributed by atoms with E-state index in [1.165, 1.54) is 25.3 Å². The fraction of sp³-hybridized carbons (Fsp3) is 0.357. The zero-order valence-corrected chi connectivity index (χ0v) is 12.8. The van der Waals surface area contributed by atoms with E-state index in [1.54, 1.807) is 0 Å². The van der Waals surface area contributed by atoms with Crippen molar-refractivity contribution in [2.45, 2.75) is 13.8 Å². The molecule has 0 fully saturated rings. The highest BCUT2D eigenvalue weighted by Gasteiger charge is 2.16. The summed E-state index contributed by atoms with van der Waals surface area (Å²) in [5.74, 6) is -1.94. The molecule has 0 saturated carbocycles. The Kier molecular flexibility index (Phi) is 6.17. The summed E-state index contributed by atoms with van der Waals surface area (Å²) in [4.78, 5) is 34.7. The number of carbonyl (C=O) groups is 3. The highest BCUT2D eigenvalue weighted by Crippen LogP contribution is 2.23. The molecule has 1 rings (SSSR count). The number of esters is 1. The van der Waals surface area contributed by atoms with Gasteiger partial charge in [0.05, 0.1) is 23.4 Å². The third-order valence-corrected chi connectivity index (χ3v) is 2.84. The number of ether oxygens (including phenoxy) is 1. The number of benzene rings is 1. The number of hydrogen-bond donors (Lipinski definition) is 2. The maximum absolute atomic E-state index is 11.7. The van der Waals surface area contributed by atoms with Crippen LogP contribution in [-0.2, 0) is 14.3 Å². The largest absolute Gasteiger partial charge is 0.465 e. The van der Waals surface area contributed by atoms with Crippen LogP contribution in [0.15, 0.2) is 18.2 Å². The highest BCUT2D eigenvalue weighted by molar-refractivity contribution is 6.41. The van der Waals surface area contributed by atoms with Crippen molar-refractivity contribution < 1.29 is 19.1 Å². The number of methoxy groups -OCH3 is 1. The van der Waals surface area contributed by atoms with Gasteiger partial charge < -0.3 is 15.4 Å². The molecule has 0 unspecified atom stereocenters. The molecule has 0 heterocycles. The van der Waals surface area contributed by atoms with E-state index in [9.17, 15) is 14.4 Å². The Morgan fingerprint density at radius 2 is 1.90 bits per heavy atom. The Balaban J connectivity index is 2.80. The van der Waals surface area contributed by atoms with E-state index in [4.69, 9.17) is 11.6 Å². The lowest BCUT2D eigenvalue weighted by molar-refractivity contribution is -0.136. The van der Waals surface area contributed by atoms with Gasteiger partial charge in [0.25, 0.3) is 0 Å². The van der Waals surface area contributed by atoms with Gasteiger partial charge in [-0.1, -0.05) is 25.4 Å². The van der Waals surface area contributed by atoms with Crippen LogP contribution in [-0.4, -0.2) is 31.4 Å². The quantitative estimate of drug-likeness (QED) is 0.656.